The van der Waals surface area contributed by atoms with Gasteiger partial charge in [-0.2, -0.15) is 0 Å². The molecule has 2 atom stereocenters. The van der Waals surface area contributed by atoms with Gasteiger partial charge in [-0.1, -0.05) is 13.8 Å². The van der Waals surface area contributed by atoms with E-state index in [0.717, 1.165) is 25.7 Å². The van der Waals surface area contributed by atoms with Crippen LogP contribution in [0.4, 0.5) is 0 Å². The predicted molar refractivity (Wildman–Crippen MR) is 77.4 cm³/mol. The molecule has 20 heavy (non-hydrogen) atoms. The maximum Gasteiger partial charge on any atom is 0.227 e. The third kappa shape index (κ3) is 3.71. The number of rotatable bonds is 4. The first-order chi connectivity index (χ1) is 9.35. The lowest BCUT2D eigenvalue weighted by atomic mass is 9.71. The summed E-state index contributed by atoms with van der Waals surface area (Å²) >= 11 is 0. The van der Waals surface area contributed by atoms with Gasteiger partial charge >= 0.3 is 0 Å². The molecule has 2 fully saturated rings. The Morgan fingerprint density at radius 2 is 1.90 bits per heavy atom. The smallest absolute Gasteiger partial charge is 0.227 e. The summed E-state index contributed by atoms with van der Waals surface area (Å²) in [7, 11) is 1.84. The highest BCUT2D eigenvalue weighted by Crippen LogP contribution is 2.39. The zero-order valence-electron chi connectivity index (χ0n) is 12.9. The quantitative estimate of drug-likeness (QED) is 0.709. The van der Waals surface area contributed by atoms with E-state index in [1.165, 1.54) is 0 Å². The van der Waals surface area contributed by atoms with Gasteiger partial charge in [0.1, 0.15) is 0 Å². The molecule has 2 rings (SSSR count). The van der Waals surface area contributed by atoms with Crippen LogP contribution in [0.25, 0.3) is 0 Å². The molecule has 116 valence electrons. The molecule has 2 unspecified atom stereocenters. The molecule has 0 bridgehead atoms. The molecule has 1 heterocycles. The maximum atomic E-state index is 12.2. The molecule has 2 aliphatic rings. The highest BCUT2D eigenvalue weighted by atomic mass is 16.5. The van der Waals surface area contributed by atoms with E-state index < -0.39 is 5.60 Å². The summed E-state index contributed by atoms with van der Waals surface area (Å²) in [4.78, 5) is 12.2. The normalized spacial score (nSPS) is 32.0. The number of carbonyl (C=O) groups is 1. The van der Waals surface area contributed by atoms with Crippen molar-refractivity contribution < 1.29 is 14.6 Å². The molecule has 0 aromatic rings. The number of amides is 1. The minimum atomic E-state index is -0.736. The first-order valence-electron chi connectivity index (χ1n) is 7.60. The average Bonchev–Trinajstić information content (AvgIpc) is 2.89. The molecule has 1 saturated heterocycles. The monoisotopic (exact) mass is 284 g/mol. The summed E-state index contributed by atoms with van der Waals surface area (Å²) in [5, 5.41) is 16.6. The highest BCUT2D eigenvalue weighted by Gasteiger charge is 2.38. The Labute approximate surface area is 121 Å². The average molecular weight is 284 g/mol. The van der Waals surface area contributed by atoms with Gasteiger partial charge in [0, 0.05) is 12.6 Å². The summed E-state index contributed by atoms with van der Waals surface area (Å²) < 4.78 is 5.34. The predicted octanol–water partition coefficient (Wildman–Crippen LogP) is 0.668. The van der Waals surface area contributed by atoms with Crippen LogP contribution in [-0.4, -0.2) is 49.5 Å². The lowest BCUT2D eigenvalue weighted by molar-refractivity contribution is -0.127. The van der Waals surface area contributed by atoms with Gasteiger partial charge in [-0.25, -0.2) is 0 Å². The van der Waals surface area contributed by atoms with Crippen LogP contribution in [0.15, 0.2) is 0 Å². The van der Waals surface area contributed by atoms with Crippen molar-refractivity contribution in [3.05, 3.63) is 0 Å². The fourth-order valence-corrected chi connectivity index (χ4v) is 3.05. The van der Waals surface area contributed by atoms with Crippen LogP contribution in [0.3, 0.4) is 0 Å². The zero-order valence-corrected chi connectivity index (χ0v) is 12.9. The van der Waals surface area contributed by atoms with Crippen LogP contribution < -0.4 is 10.6 Å². The Bertz CT molecular complexity index is 347. The van der Waals surface area contributed by atoms with Crippen molar-refractivity contribution in [2.45, 2.75) is 51.2 Å². The molecular weight excluding hydrogens is 256 g/mol. The second-order valence-corrected chi connectivity index (χ2v) is 7.15. The number of hydrogen-bond donors (Lipinski definition) is 3. The van der Waals surface area contributed by atoms with Crippen molar-refractivity contribution in [1.82, 2.24) is 10.6 Å². The van der Waals surface area contributed by atoms with Crippen LogP contribution in [0, 0.1) is 11.3 Å². The standard InChI is InChI=1S/C15H28N2O3/c1-14(2)4-6-15(19,7-5-14)10-17-13(18)11-8-20-9-12(11)16-3/h11-12,16,19H,4-10H2,1-3H3,(H,17,18). The van der Waals surface area contributed by atoms with Crippen molar-refractivity contribution in [1.29, 1.82) is 0 Å². The van der Waals surface area contributed by atoms with Crippen LogP contribution in [0.2, 0.25) is 0 Å². The Kier molecular flexibility index (Phi) is 4.72. The Balaban J connectivity index is 1.81. The van der Waals surface area contributed by atoms with E-state index >= 15 is 0 Å². The van der Waals surface area contributed by atoms with Gasteiger partial charge in [-0.3, -0.25) is 4.79 Å². The van der Waals surface area contributed by atoms with Gasteiger partial charge in [0.2, 0.25) is 5.91 Å². The number of nitrogens with one attached hydrogen (secondary N) is 2. The topological polar surface area (TPSA) is 70.6 Å². The van der Waals surface area contributed by atoms with Gasteiger partial charge in [0.25, 0.3) is 0 Å². The Hall–Kier alpha value is -0.650. The van der Waals surface area contributed by atoms with Gasteiger partial charge < -0.3 is 20.5 Å². The number of carbonyl (C=O) groups excluding carboxylic acids is 1. The zero-order chi connectivity index (χ0) is 14.8. The third-order valence-electron chi connectivity index (χ3n) is 4.91. The van der Waals surface area contributed by atoms with E-state index in [1.54, 1.807) is 0 Å². The molecule has 1 saturated carbocycles. The Morgan fingerprint density at radius 1 is 1.25 bits per heavy atom. The van der Waals surface area contributed by atoms with E-state index in [2.05, 4.69) is 24.5 Å². The summed E-state index contributed by atoms with van der Waals surface area (Å²) in [6.07, 6.45) is 3.53. The summed E-state index contributed by atoms with van der Waals surface area (Å²) in [5.74, 6) is -0.163. The van der Waals surface area contributed by atoms with E-state index in [9.17, 15) is 9.90 Å². The SMILES string of the molecule is CNC1COCC1C(=O)NCC1(O)CCC(C)(C)CC1. The van der Waals surface area contributed by atoms with Crippen LogP contribution in [0.5, 0.6) is 0 Å². The van der Waals surface area contributed by atoms with E-state index in [4.69, 9.17) is 4.74 Å². The minimum Gasteiger partial charge on any atom is -0.388 e. The second-order valence-electron chi connectivity index (χ2n) is 7.15. The number of hydrogen-bond acceptors (Lipinski definition) is 4. The van der Waals surface area contributed by atoms with Gasteiger partial charge in [0.05, 0.1) is 24.7 Å². The molecule has 3 N–H and O–H groups in total. The largest absolute Gasteiger partial charge is 0.388 e. The fourth-order valence-electron chi connectivity index (χ4n) is 3.05. The number of aliphatic hydroxyl groups is 1. The van der Waals surface area contributed by atoms with Crippen molar-refractivity contribution in [2.75, 3.05) is 26.8 Å². The first-order valence-corrected chi connectivity index (χ1v) is 7.60. The summed E-state index contributed by atoms with van der Waals surface area (Å²) in [6.45, 7) is 5.86. The lowest BCUT2D eigenvalue weighted by Gasteiger charge is -2.40. The van der Waals surface area contributed by atoms with E-state index in [1.807, 2.05) is 7.05 Å². The molecule has 0 spiro atoms. The van der Waals surface area contributed by atoms with Gasteiger partial charge in [0.15, 0.2) is 0 Å². The molecule has 5 nitrogen and oxygen atoms in total. The maximum absolute atomic E-state index is 12.2. The van der Waals surface area contributed by atoms with Crippen molar-refractivity contribution in [3.63, 3.8) is 0 Å². The summed E-state index contributed by atoms with van der Waals surface area (Å²) in [5.41, 5.74) is -0.424. The van der Waals surface area contributed by atoms with Gasteiger partial charge in [-0.05, 0) is 38.1 Å². The molecule has 0 aromatic carbocycles. The first kappa shape index (κ1) is 15.7. The highest BCUT2D eigenvalue weighted by molar-refractivity contribution is 5.80. The number of likely N-dealkylation sites (N-methyl/N-ethyl adjacent to an activating group) is 1. The number of ether oxygens (including phenoxy) is 1. The minimum absolute atomic E-state index is 0.0138. The second kappa shape index (κ2) is 6.00. The fraction of sp³-hybridized carbons (Fsp3) is 0.933. The van der Waals surface area contributed by atoms with Crippen molar-refractivity contribution in [2.24, 2.45) is 11.3 Å². The lowest BCUT2D eigenvalue weighted by Crippen LogP contribution is -2.50. The molecule has 1 amide bonds. The Morgan fingerprint density at radius 3 is 2.50 bits per heavy atom. The molecular formula is C15H28N2O3. The molecule has 0 radical (unpaired) electrons. The van der Waals surface area contributed by atoms with Crippen LogP contribution in [0.1, 0.15) is 39.5 Å². The van der Waals surface area contributed by atoms with Crippen molar-refractivity contribution in [3.8, 4) is 0 Å². The summed E-state index contributed by atoms with van der Waals surface area (Å²) in [6, 6.07) is 0.0786. The molecule has 5 heteroatoms. The molecule has 1 aliphatic carbocycles. The van der Waals surface area contributed by atoms with Gasteiger partial charge in [-0.15, -0.1) is 0 Å². The third-order valence-corrected chi connectivity index (χ3v) is 4.91. The van der Waals surface area contributed by atoms with E-state index in [0.29, 0.717) is 25.2 Å². The van der Waals surface area contributed by atoms with E-state index in [-0.39, 0.29) is 17.9 Å². The van der Waals surface area contributed by atoms with Crippen LogP contribution in [-0.2, 0) is 9.53 Å². The molecule has 0 aromatic heterocycles. The van der Waals surface area contributed by atoms with Crippen LogP contribution >= 0.6 is 0 Å². The molecule has 1 aliphatic heterocycles. The van der Waals surface area contributed by atoms with Crippen molar-refractivity contribution >= 4 is 5.91 Å².